The van der Waals surface area contributed by atoms with Gasteiger partial charge in [0.15, 0.2) is 0 Å². The number of nitrogens with zero attached hydrogens (tertiary/aromatic N) is 1. The van der Waals surface area contributed by atoms with Crippen LogP contribution in [-0.2, 0) is 6.54 Å². The lowest BCUT2D eigenvalue weighted by Gasteiger charge is -2.31. The van der Waals surface area contributed by atoms with Crippen molar-refractivity contribution in [3.8, 4) is 0 Å². The van der Waals surface area contributed by atoms with Crippen molar-refractivity contribution < 1.29 is 9.90 Å². The number of nitrogens with two attached hydrogens (primary N) is 1. The van der Waals surface area contributed by atoms with Gasteiger partial charge in [-0.15, -0.1) is 11.3 Å². The molecule has 0 spiro atoms. The van der Waals surface area contributed by atoms with Gasteiger partial charge < -0.3 is 16.2 Å². The van der Waals surface area contributed by atoms with Crippen LogP contribution in [-0.4, -0.2) is 28.1 Å². The van der Waals surface area contributed by atoms with E-state index in [1.165, 1.54) is 17.8 Å². The molecule has 5 nitrogen and oxygen atoms in total. The topological polar surface area (TPSA) is 88.2 Å². The SMILES string of the molecule is NCc1nc(C(=O)NCC2(O)CCCCC2)cs1. The molecule has 1 aromatic heterocycles. The first kappa shape index (κ1) is 13.5. The van der Waals surface area contributed by atoms with Gasteiger partial charge in [0.1, 0.15) is 10.7 Å². The molecule has 1 aliphatic carbocycles. The molecular weight excluding hydrogens is 250 g/mol. The lowest BCUT2D eigenvalue weighted by molar-refractivity contribution is 0.00522. The average molecular weight is 269 g/mol. The van der Waals surface area contributed by atoms with Gasteiger partial charge in [0, 0.05) is 18.5 Å². The number of carbonyl (C=O) groups excluding carboxylic acids is 1. The highest BCUT2D eigenvalue weighted by molar-refractivity contribution is 7.09. The maximum Gasteiger partial charge on any atom is 0.270 e. The van der Waals surface area contributed by atoms with Crippen molar-refractivity contribution in [2.24, 2.45) is 5.73 Å². The molecule has 6 heteroatoms. The molecule has 1 saturated carbocycles. The van der Waals surface area contributed by atoms with Crippen molar-refractivity contribution in [3.05, 3.63) is 16.1 Å². The number of aliphatic hydroxyl groups is 1. The predicted molar refractivity (Wildman–Crippen MR) is 70.4 cm³/mol. The van der Waals surface area contributed by atoms with E-state index in [-0.39, 0.29) is 5.91 Å². The van der Waals surface area contributed by atoms with Gasteiger partial charge in [-0.1, -0.05) is 19.3 Å². The van der Waals surface area contributed by atoms with Gasteiger partial charge >= 0.3 is 0 Å². The number of rotatable bonds is 4. The predicted octanol–water partition coefficient (Wildman–Crippen LogP) is 1.03. The number of amides is 1. The molecule has 18 heavy (non-hydrogen) atoms. The summed E-state index contributed by atoms with van der Waals surface area (Å²) in [6, 6.07) is 0. The molecule has 0 aliphatic heterocycles. The fourth-order valence-electron chi connectivity index (χ4n) is 2.23. The maximum absolute atomic E-state index is 11.8. The van der Waals surface area contributed by atoms with E-state index in [4.69, 9.17) is 5.73 Å². The van der Waals surface area contributed by atoms with Crippen molar-refractivity contribution in [2.45, 2.75) is 44.2 Å². The molecule has 1 amide bonds. The van der Waals surface area contributed by atoms with E-state index >= 15 is 0 Å². The summed E-state index contributed by atoms with van der Waals surface area (Å²) in [5, 5.41) is 15.5. The smallest absolute Gasteiger partial charge is 0.270 e. The van der Waals surface area contributed by atoms with Gasteiger partial charge in [0.25, 0.3) is 5.91 Å². The van der Waals surface area contributed by atoms with Gasteiger partial charge in [-0.2, -0.15) is 0 Å². The van der Waals surface area contributed by atoms with Gasteiger partial charge in [0.05, 0.1) is 5.60 Å². The van der Waals surface area contributed by atoms with Crippen LogP contribution in [0.3, 0.4) is 0 Å². The van der Waals surface area contributed by atoms with E-state index in [9.17, 15) is 9.90 Å². The summed E-state index contributed by atoms with van der Waals surface area (Å²) in [6.45, 7) is 0.656. The van der Waals surface area contributed by atoms with Crippen LogP contribution in [0.4, 0.5) is 0 Å². The van der Waals surface area contributed by atoms with E-state index in [0.29, 0.717) is 18.8 Å². The lowest BCUT2D eigenvalue weighted by atomic mass is 9.85. The van der Waals surface area contributed by atoms with Crippen LogP contribution >= 0.6 is 11.3 Å². The first-order valence-corrected chi connectivity index (χ1v) is 7.16. The van der Waals surface area contributed by atoms with Crippen molar-refractivity contribution in [3.63, 3.8) is 0 Å². The second kappa shape index (κ2) is 5.77. The van der Waals surface area contributed by atoms with Crippen molar-refractivity contribution in [1.82, 2.24) is 10.3 Å². The third-order valence-electron chi connectivity index (χ3n) is 3.32. The Morgan fingerprint density at radius 1 is 1.50 bits per heavy atom. The number of nitrogens with one attached hydrogen (secondary N) is 1. The number of thiazole rings is 1. The fourth-order valence-corrected chi connectivity index (χ4v) is 2.89. The molecule has 0 unspecified atom stereocenters. The standard InChI is InChI=1S/C12H19N3O2S/c13-6-10-15-9(7-18-10)11(16)14-8-12(17)4-2-1-3-5-12/h7,17H,1-6,8,13H2,(H,14,16). The van der Waals surface area contributed by atoms with Gasteiger partial charge in [0.2, 0.25) is 0 Å². The van der Waals surface area contributed by atoms with Crippen LogP contribution in [0.5, 0.6) is 0 Å². The summed E-state index contributed by atoms with van der Waals surface area (Å²) in [7, 11) is 0. The summed E-state index contributed by atoms with van der Waals surface area (Å²) < 4.78 is 0. The molecule has 0 saturated heterocycles. The zero-order valence-corrected chi connectivity index (χ0v) is 11.1. The Bertz CT molecular complexity index is 413. The van der Waals surface area contributed by atoms with Crippen LogP contribution in [0.15, 0.2) is 5.38 Å². The Morgan fingerprint density at radius 2 is 2.22 bits per heavy atom. The minimum atomic E-state index is -0.735. The van der Waals surface area contributed by atoms with E-state index in [1.54, 1.807) is 5.38 Å². The first-order chi connectivity index (χ1) is 8.63. The minimum absolute atomic E-state index is 0.232. The number of carbonyl (C=O) groups is 1. The highest BCUT2D eigenvalue weighted by atomic mass is 32.1. The first-order valence-electron chi connectivity index (χ1n) is 6.28. The van der Waals surface area contributed by atoms with Crippen LogP contribution < -0.4 is 11.1 Å². The Morgan fingerprint density at radius 3 is 2.83 bits per heavy atom. The van der Waals surface area contributed by atoms with Crippen LogP contribution in [0.2, 0.25) is 0 Å². The van der Waals surface area contributed by atoms with E-state index < -0.39 is 5.60 Å². The monoisotopic (exact) mass is 269 g/mol. The van der Waals surface area contributed by atoms with E-state index in [2.05, 4.69) is 10.3 Å². The largest absolute Gasteiger partial charge is 0.388 e. The van der Waals surface area contributed by atoms with E-state index in [0.717, 1.165) is 30.7 Å². The molecule has 0 bridgehead atoms. The van der Waals surface area contributed by atoms with Gasteiger partial charge in [-0.3, -0.25) is 4.79 Å². The second-order valence-electron chi connectivity index (χ2n) is 4.80. The molecular formula is C12H19N3O2S. The van der Waals surface area contributed by atoms with Gasteiger partial charge in [-0.05, 0) is 12.8 Å². The summed E-state index contributed by atoms with van der Waals surface area (Å²) in [6.07, 6.45) is 4.75. The maximum atomic E-state index is 11.8. The molecule has 0 radical (unpaired) electrons. The fraction of sp³-hybridized carbons (Fsp3) is 0.667. The quantitative estimate of drug-likeness (QED) is 0.761. The third-order valence-corrected chi connectivity index (χ3v) is 4.19. The average Bonchev–Trinajstić information content (AvgIpc) is 2.86. The zero-order chi connectivity index (χ0) is 13.0. The minimum Gasteiger partial charge on any atom is -0.388 e. The summed E-state index contributed by atoms with van der Waals surface area (Å²) in [5.74, 6) is -0.232. The molecule has 1 aromatic rings. The molecule has 0 atom stereocenters. The summed E-state index contributed by atoms with van der Waals surface area (Å²) in [5.41, 5.74) is 5.10. The normalized spacial score (nSPS) is 18.6. The summed E-state index contributed by atoms with van der Waals surface area (Å²) in [4.78, 5) is 16.0. The number of aromatic nitrogens is 1. The third kappa shape index (κ3) is 3.28. The van der Waals surface area contributed by atoms with Crippen molar-refractivity contribution >= 4 is 17.2 Å². The van der Waals surface area contributed by atoms with Gasteiger partial charge in [-0.25, -0.2) is 4.98 Å². The second-order valence-corrected chi connectivity index (χ2v) is 5.74. The number of hydrogen-bond acceptors (Lipinski definition) is 5. The Balaban J connectivity index is 1.87. The highest BCUT2D eigenvalue weighted by Crippen LogP contribution is 2.27. The lowest BCUT2D eigenvalue weighted by Crippen LogP contribution is -2.44. The van der Waals surface area contributed by atoms with Crippen LogP contribution in [0, 0.1) is 0 Å². The van der Waals surface area contributed by atoms with E-state index in [1.807, 2.05) is 0 Å². The molecule has 4 N–H and O–H groups in total. The molecule has 0 aromatic carbocycles. The Kier molecular flexibility index (Phi) is 4.31. The van der Waals surface area contributed by atoms with Crippen LogP contribution in [0.25, 0.3) is 0 Å². The van der Waals surface area contributed by atoms with Crippen molar-refractivity contribution in [1.29, 1.82) is 0 Å². The number of hydrogen-bond donors (Lipinski definition) is 3. The molecule has 1 aliphatic rings. The molecule has 1 heterocycles. The zero-order valence-electron chi connectivity index (χ0n) is 10.3. The van der Waals surface area contributed by atoms with Crippen molar-refractivity contribution in [2.75, 3.05) is 6.54 Å². The molecule has 100 valence electrons. The Labute approximate surface area is 110 Å². The highest BCUT2D eigenvalue weighted by Gasteiger charge is 2.29. The molecule has 1 fully saturated rings. The Hall–Kier alpha value is -0.980. The van der Waals surface area contributed by atoms with Crippen LogP contribution in [0.1, 0.15) is 47.6 Å². The molecule has 2 rings (SSSR count). The summed E-state index contributed by atoms with van der Waals surface area (Å²) >= 11 is 1.38.